The van der Waals surface area contributed by atoms with Gasteiger partial charge in [-0.2, -0.15) is 0 Å². The molecule has 1 aliphatic heterocycles. The molecule has 0 radical (unpaired) electrons. The smallest absolute Gasteiger partial charge is 0.331 e. The van der Waals surface area contributed by atoms with Crippen molar-refractivity contribution in [2.24, 2.45) is 0 Å². The molecule has 5 heteroatoms. The average molecular weight is 274 g/mol. The molecule has 2 aromatic heterocycles. The van der Waals surface area contributed by atoms with Crippen LogP contribution in [0, 0.1) is 6.92 Å². The summed E-state index contributed by atoms with van der Waals surface area (Å²) in [5, 5.41) is 11.5. The molecule has 4 nitrogen and oxygen atoms in total. The number of aromatic nitrogens is 1. The maximum Gasteiger partial charge on any atom is 0.331 e. The molecule has 98 valence electrons. The van der Waals surface area contributed by atoms with Crippen LogP contribution in [0.1, 0.15) is 22.2 Å². The van der Waals surface area contributed by atoms with E-state index >= 15 is 0 Å². The van der Waals surface area contributed by atoms with Gasteiger partial charge in [0.1, 0.15) is 0 Å². The van der Waals surface area contributed by atoms with E-state index in [9.17, 15) is 9.90 Å². The maximum atomic E-state index is 11.6. The molecule has 0 aromatic carbocycles. The lowest BCUT2D eigenvalue weighted by atomic mass is 9.99. The van der Waals surface area contributed by atoms with Gasteiger partial charge >= 0.3 is 5.97 Å². The summed E-state index contributed by atoms with van der Waals surface area (Å²) in [5.74, 6) is -0.797. The van der Waals surface area contributed by atoms with Crippen LogP contribution in [0.2, 0.25) is 0 Å². The Labute approximate surface area is 115 Å². The van der Waals surface area contributed by atoms with Crippen molar-refractivity contribution in [3.8, 4) is 0 Å². The molecule has 1 atom stereocenters. The number of carboxylic acid groups (broad SMARTS) is 1. The Morgan fingerprint density at radius 3 is 3.11 bits per heavy atom. The molecule has 0 aliphatic carbocycles. The van der Waals surface area contributed by atoms with Crippen LogP contribution in [0.25, 0.3) is 0 Å². The SMILES string of the molecule is Cc1cc(N2CCc3sccc3C2C(=O)O)ccn1. The Bertz CT molecular complexity index is 623. The molecule has 0 saturated carbocycles. The van der Waals surface area contributed by atoms with Crippen LogP contribution < -0.4 is 4.90 Å². The van der Waals surface area contributed by atoms with E-state index in [1.165, 1.54) is 4.88 Å². The lowest BCUT2D eigenvalue weighted by molar-refractivity contribution is -0.138. The molecule has 2 aromatic rings. The number of fused-ring (bicyclic) bond motifs is 1. The van der Waals surface area contributed by atoms with Gasteiger partial charge in [-0.3, -0.25) is 4.98 Å². The van der Waals surface area contributed by atoms with Crippen molar-refractivity contribution in [1.82, 2.24) is 4.98 Å². The lowest BCUT2D eigenvalue weighted by Gasteiger charge is -2.35. The highest BCUT2D eigenvalue weighted by atomic mass is 32.1. The number of anilines is 1. The minimum absolute atomic E-state index is 0.586. The average Bonchev–Trinajstić information content (AvgIpc) is 2.85. The van der Waals surface area contributed by atoms with Gasteiger partial charge in [0.25, 0.3) is 0 Å². The van der Waals surface area contributed by atoms with Gasteiger partial charge in [0.05, 0.1) is 0 Å². The predicted molar refractivity (Wildman–Crippen MR) is 74.7 cm³/mol. The van der Waals surface area contributed by atoms with Gasteiger partial charge in [-0.1, -0.05) is 0 Å². The number of carbonyl (C=O) groups is 1. The van der Waals surface area contributed by atoms with Crippen LogP contribution in [0.15, 0.2) is 29.8 Å². The first-order valence-electron chi connectivity index (χ1n) is 6.15. The molecular formula is C14H14N2O2S. The van der Waals surface area contributed by atoms with Gasteiger partial charge in [-0.25, -0.2) is 4.79 Å². The highest BCUT2D eigenvalue weighted by Crippen LogP contribution is 2.36. The zero-order valence-corrected chi connectivity index (χ0v) is 11.4. The third kappa shape index (κ3) is 2.10. The fourth-order valence-electron chi connectivity index (χ4n) is 2.57. The zero-order chi connectivity index (χ0) is 13.4. The van der Waals surface area contributed by atoms with Gasteiger partial charge in [-0.05, 0) is 42.5 Å². The number of thiophene rings is 1. The number of pyridine rings is 1. The van der Waals surface area contributed by atoms with Crippen molar-refractivity contribution in [1.29, 1.82) is 0 Å². The van der Waals surface area contributed by atoms with E-state index in [0.29, 0.717) is 0 Å². The maximum absolute atomic E-state index is 11.6. The summed E-state index contributed by atoms with van der Waals surface area (Å²) in [7, 11) is 0. The van der Waals surface area contributed by atoms with E-state index in [1.54, 1.807) is 17.5 Å². The molecule has 1 aliphatic rings. The largest absolute Gasteiger partial charge is 0.479 e. The van der Waals surface area contributed by atoms with E-state index < -0.39 is 12.0 Å². The first-order chi connectivity index (χ1) is 9.16. The van der Waals surface area contributed by atoms with Gasteiger partial charge < -0.3 is 10.0 Å². The van der Waals surface area contributed by atoms with E-state index in [2.05, 4.69) is 4.98 Å². The van der Waals surface area contributed by atoms with Crippen molar-refractivity contribution in [3.05, 3.63) is 45.9 Å². The van der Waals surface area contributed by atoms with Crippen LogP contribution in [0.5, 0.6) is 0 Å². The predicted octanol–water partition coefficient (Wildman–Crippen LogP) is 2.64. The Balaban J connectivity index is 2.05. The Morgan fingerprint density at radius 2 is 2.37 bits per heavy atom. The summed E-state index contributed by atoms with van der Waals surface area (Å²) in [6.45, 7) is 2.65. The molecule has 3 heterocycles. The number of hydrogen-bond acceptors (Lipinski definition) is 4. The van der Waals surface area contributed by atoms with Crippen LogP contribution >= 0.6 is 11.3 Å². The molecular weight excluding hydrogens is 260 g/mol. The fourth-order valence-corrected chi connectivity index (χ4v) is 3.47. The van der Waals surface area contributed by atoms with Crippen molar-refractivity contribution < 1.29 is 9.90 Å². The number of aryl methyl sites for hydroxylation is 1. The normalized spacial score (nSPS) is 18.2. The quantitative estimate of drug-likeness (QED) is 0.914. The minimum atomic E-state index is -0.797. The summed E-state index contributed by atoms with van der Waals surface area (Å²) in [5.41, 5.74) is 2.76. The van der Waals surface area contributed by atoms with Crippen LogP contribution in [-0.2, 0) is 11.2 Å². The number of nitrogens with zero attached hydrogens (tertiary/aromatic N) is 2. The fraction of sp³-hybridized carbons (Fsp3) is 0.286. The molecule has 3 rings (SSSR count). The van der Waals surface area contributed by atoms with E-state index in [4.69, 9.17) is 0 Å². The summed E-state index contributed by atoms with van der Waals surface area (Å²) in [6.07, 6.45) is 2.63. The third-order valence-electron chi connectivity index (χ3n) is 3.41. The molecule has 1 N–H and O–H groups in total. The highest BCUT2D eigenvalue weighted by molar-refractivity contribution is 7.10. The van der Waals surface area contributed by atoms with Gasteiger partial charge in [0.2, 0.25) is 0 Å². The summed E-state index contributed by atoms with van der Waals surface area (Å²) >= 11 is 1.64. The van der Waals surface area contributed by atoms with E-state index in [-0.39, 0.29) is 0 Å². The Kier molecular flexibility index (Phi) is 2.98. The Hall–Kier alpha value is -1.88. The summed E-state index contributed by atoms with van der Waals surface area (Å²) in [4.78, 5) is 18.9. The van der Waals surface area contributed by atoms with Crippen molar-refractivity contribution >= 4 is 23.0 Å². The molecule has 0 fully saturated rings. The summed E-state index contributed by atoms with van der Waals surface area (Å²) < 4.78 is 0. The molecule has 0 spiro atoms. The van der Waals surface area contributed by atoms with Gasteiger partial charge in [0.15, 0.2) is 6.04 Å². The number of rotatable bonds is 2. The molecule has 0 amide bonds. The number of carboxylic acids is 1. The van der Waals surface area contributed by atoms with Crippen molar-refractivity contribution in [3.63, 3.8) is 0 Å². The lowest BCUT2D eigenvalue weighted by Crippen LogP contribution is -2.39. The highest BCUT2D eigenvalue weighted by Gasteiger charge is 2.33. The topological polar surface area (TPSA) is 53.4 Å². The summed E-state index contributed by atoms with van der Waals surface area (Å²) in [6, 6.07) is 5.16. The minimum Gasteiger partial charge on any atom is -0.479 e. The second-order valence-corrected chi connectivity index (χ2v) is 5.64. The Morgan fingerprint density at radius 1 is 1.53 bits per heavy atom. The number of hydrogen-bond donors (Lipinski definition) is 1. The number of aliphatic carboxylic acids is 1. The van der Waals surface area contributed by atoms with Crippen molar-refractivity contribution in [2.75, 3.05) is 11.4 Å². The standard InChI is InChI=1S/C14H14N2O2S/c1-9-8-10(2-5-15-9)16-6-3-12-11(4-7-19-12)13(16)14(17)18/h2,4-5,7-8,13H,3,6H2,1H3,(H,17,18). The molecule has 0 bridgehead atoms. The molecule has 1 unspecified atom stereocenters. The monoisotopic (exact) mass is 274 g/mol. The van der Waals surface area contributed by atoms with Gasteiger partial charge in [-0.15, -0.1) is 11.3 Å². The zero-order valence-electron chi connectivity index (χ0n) is 10.5. The van der Waals surface area contributed by atoms with Crippen LogP contribution in [0.4, 0.5) is 5.69 Å². The van der Waals surface area contributed by atoms with Crippen LogP contribution in [-0.4, -0.2) is 22.6 Å². The van der Waals surface area contributed by atoms with Crippen molar-refractivity contribution in [2.45, 2.75) is 19.4 Å². The molecule has 0 saturated heterocycles. The second kappa shape index (κ2) is 4.66. The van der Waals surface area contributed by atoms with E-state index in [1.807, 2.05) is 35.4 Å². The van der Waals surface area contributed by atoms with Gasteiger partial charge in [0, 0.05) is 29.0 Å². The van der Waals surface area contributed by atoms with E-state index in [0.717, 1.165) is 29.9 Å². The van der Waals surface area contributed by atoms with Crippen LogP contribution in [0.3, 0.4) is 0 Å². The first-order valence-corrected chi connectivity index (χ1v) is 7.03. The first kappa shape index (κ1) is 12.2. The second-order valence-electron chi connectivity index (χ2n) is 4.64. The molecule has 19 heavy (non-hydrogen) atoms. The third-order valence-corrected chi connectivity index (χ3v) is 4.41.